The Bertz CT molecular complexity index is 1780. The summed E-state index contributed by atoms with van der Waals surface area (Å²) in [5.41, 5.74) is 11.5. The Morgan fingerprint density at radius 3 is 2.50 bits per heavy atom. The van der Waals surface area contributed by atoms with Gasteiger partial charge < -0.3 is 34.1 Å². The Hall–Kier alpha value is -3.96. The molecule has 3 aliphatic rings. The first kappa shape index (κ1) is 30.7. The largest absolute Gasteiger partial charge is 0.494 e. The number of hydrogen-bond donors (Lipinski definition) is 1. The number of carbonyl (C=O) groups is 2. The Balaban J connectivity index is 1.28. The van der Waals surface area contributed by atoms with Crippen molar-refractivity contribution in [3.05, 3.63) is 47.5 Å². The van der Waals surface area contributed by atoms with E-state index in [1.54, 1.807) is 26.4 Å². The van der Waals surface area contributed by atoms with Crippen molar-refractivity contribution in [2.24, 2.45) is 18.7 Å². The van der Waals surface area contributed by atoms with Crippen LogP contribution in [0.5, 0.6) is 5.75 Å². The van der Waals surface area contributed by atoms with Crippen LogP contribution in [0.25, 0.3) is 33.5 Å². The fourth-order valence-electron chi connectivity index (χ4n) is 7.51. The summed E-state index contributed by atoms with van der Waals surface area (Å²) in [6, 6.07) is 11.9. The van der Waals surface area contributed by atoms with Gasteiger partial charge in [-0.15, -0.1) is 0 Å². The molecule has 0 bridgehead atoms. The number of rotatable bonds is 8. The van der Waals surface area contributed by atoms with Crippen LogP contribution in [0.2, 0.25) is 0 Å². The number of para-hydroxylation sites is 1. The molecule has 46 heavy (non-hydrogen) atoms. The topological polar surface area (TPSA) is 108 Å². The van der Waals surface area contributed by atoms with Gasteiger partial charge in [-0.3, -0.25) is 9.59 Å². The second kappa shape index (κ2) is 12.3. The summed E-state index contributed by atoms with van der Waals surface area (Å²) in [7, 11) is 5.14. The maximum absolute atomic E-state index is 14.3. The van der Waals surface area contributed by atoms with Crippen LogP contribution in [0, 0.1) is 5.92 Å². The minimum atomic E-state index is -1.14. The van der Waals surface area contributed by atoms with Gasteiger partial charge >= 0.3 is 0 Å². The summed E-state index contributed by atoms with van der Waals surface area (Å²) < 4.78 is 29.7. The monoisotopic (exact) mass is 630 g/mol. The smallest absolute Gasteiger partial charge is 0.254 e. The van der Waals surface area contributed by atoms with Gasteiger partial charge in [-0.05, 0) is 67.7 Å². The zero-order valence-corrected chi connectivity index (χ0v) is 26.9. The molecular weight excluding hydrogens is 587 g/mol. The van der Waals surface area contributed by atoms with E-state index in [-0.39, 0.29) is 37.4 Å². The Labute approximate surface area is 268 Å². The summed E-state index contributed by atoms with van der Waals surface area (Å²) in [5.74, 6) is 2.08. The Kier molecular flexibility index (Phi) is 8.23. The van der Waals surface area contributed by atoms with Gasteiger partial charge in [0.1, 0.15) is 24.0 Å². The molecule has 10 nitrogen and oxygen atoms in total. The van der Waals surface area contributed by atoms with E-state index in [4.69, 9.17) is 20.2 Å². The molecule has 11 heteroatoms. The van der Waals surface area contributed by atoms with Gasteiger partial charge in [-0.2, -0.15) is 0 Å². The molecule has 7 rings (SSSR count). The van der Waals surface area contributed by atoms with Gasteiger partial charge in [0.05, 0.1) is 30.4 Å². The number of halogens is 1. The number of carbonyl (C=O) groups excluding carboxylic acids is 2. The van der Waals surface area contributed by atoms with E-state index in [1.807, 2.05) is 16.5 Å². The highest BCUT2D eigenvalue weighted by Gasteiger charge is 2.32. The van der Waals surface area contributed by atoms with Crippen molar-refractivity contribution in [3.63, 3.8) is 0 Å². The van der Waals surface area contributed by atoms with Crippen molar-refractivity contribution in [2.45, 2.75) is 56.8 Å². The molecule has 1 aliphatic carbocycles. The second-order valence-corrected chi connectivity index (χ2v) is 13.3. The highest BCUT2D eigenvalue weighted by Crippen LogP contribution is 2.41. The van der Waals surface area contributed by atoms with Gasteiger partial charge in [0, 0.05) is 57.3 Å². The first-order chi connectivity index (χ1) is 22.2. The number of amides is 2. The molecule has 2 saturated heterocycles. The van der Waals surface area contributed by atoms with Crippen LogP contribution in [0.15, 0.2) is 36.4 Å². The highest BCUT2D eigenvalue weighted by molar-refractivity contribution is 6.00. The fourth-order valence-corrected chi connectivity index (χ4v) is 7.51. The number of hydrogen-bond acceptors (Lipinski definition) is 6. The standard InChI is InChI=1S/C35H43FN6O4/c1-39-33-28(13-24(15-30(33)46-3)35(44)41-18-25(36)16-26(37)19-41)38-34(39)29-14-23-5-4-6-27(32(23)42(29)17-21-7-8-21)22-9-11-40(12-10-22)31(43)20-45-2/h4-6,13-15,21-22,25-26H,7-12,16-20,37H2,1-3H3/t25?,26-/m1/s1. The van der Waals surface area contributed by atoms with Crippen molar-refractivity contribution in [3.8, 4) is 17.3 Å². The Morgan fingerprint density at radius 1 is 1.02 bits per heavy atom. The predicted octanol–water partition coefficient (Wildman–Crippen LogP) is 4.48. The van der Waals surface area contributed by atoms with Crippen LogP contribution in [0.3, 0.4) is 0 Å². The fraction of sp³-hybridized carbons (Fsp3) is 0.514. The summed E-state index contributed by atoms with van der Waals surface area (Å²) in [6.07, 6.45) is 3.36. The van der Waals surface area contributed by atoms with Gasteiger partial charge in [-0.25, -0.2) is 9.37 Å². The minimum Gasteiger partial charge on any atom is -0.494 e. The normalized spacial score (nSPS) is 21.0. The number of nitrogens with two attached hydrogens (primary N) is 1. The SMILES string of the molecule is COCC(=O)N1CCC(c2cccc3cc(-c4nc5cc(C(=O)N6CC(F)C[C@@H](N)C6)cc(OC)c5n4C)n(CC4CC4)c23)CC1. The third kappa shape index (κ3) is 5.64. The molecule has 3 fully saturated rings. The van der Waals surface area contributed by atoms with Crippen molar-refractivity contribution in [1.82, 2.24) is 23.9 Å². The number of benzene rings is 2. The summed E-state index contributed by atoms with van der Waals surface area (Å²) in [6.45, 7) is 2.83. The van der Waals surface area contributed by atoms with Gasteiger partial charge in [0.15, 0.2) is 5.82 Å². The molecule has 1 unspecified atom stereocenters. The quantitative estimate of drug-likeness (QED) is 0.308. The molecule has 2 amide bonds. The van der Waals surface area contributed by atoms with Crippen LogP contribution >= 0.6 is 0 Å². The lowest BCUT2D eigenvalue weighted by Crippen LogP contribution is -2.50. The number of imidazole rings is 1. The first-order valence-electron chi connectivity index (χ1n) is 16.4. The number of nitrogens with zero attached hydrogens (tertiary/aromatic N) is 5. The van der Waals surface area contributed by atoms with E-state index in [9.17, 15) is 14.0 Å². The van der Waals surface area contributed by atoms with E-state index in [0.29, 0.717) is 35.2 Å². The molecule has 0 spiro atoms. The highest BCUT2D eigenvalue weighted by atomic mass is 19.1. The molecule has 4 heterocycles. The maximum Gasteiger partial charge on any atom is 0.254 e. The number of piperidine rings is 2. The average Bonchev–Trinajstić information content (AvgIpc) is 3.72. The number of aryl methyl sites for hydroxylation is 1. The van der Waals surface area contributed by atoms with Crippen LogP contribution < -0.4 is 10.5 Å². The molecule has 1 saturated carbocycles. The number of likely N-dealkylation sites (tertiary alicyclic amines) is 2. The van der Waals surface area contributed by atoms with Crippen LogP contribution in [0.1, 0.15) is 53.9 Å². The Morgan fingerprint density at radius 2 is 1.80 bits per heavy atom. The van der Waals surface area contributed by atoms with Gasteiger partial charge in [0.25, 0.3) is 5.91 Å². The zero-order chi connectivity index (χ0) is 32.1. The summed E-state index contributed by atoms with van der Waals surface area (Å²) in [4.78, 5) is 34.5. The molecule has 2 aliphatic heterocycles. The zero-order valence-electron chi connectivity index (χ0n) is 26.9. The molecule has 2 N–H and O–H groups in total. The lowest BCUT2D eigenvalue weighted by Gasteiger charge is -2.33. The van der Waals surface area contributed by atoms with Crippen molar-refractivity contribution in [1.29, 1.82) is 0 Å². The number of methoxy groups -OCH3 is 2. The van der Waals surface area contributed by atoms with E-state index < -0.39 is 6.17 Å². The lowest BCUT2D eigenvalue weighted by atomic mass is 9.88. The van der Waals surface area contributed by atoms with E-state index >= 15 is 0 Å². The van der Waals surface area contributed by atoms with Gasteiger partial charge in [-0.1, -0.05) is 18.2 Å². The maximum atomic E-state index is 14.3. The van der Waals surface area contributed by atoms with Crippen molar-refractivity contribution < 1.29 is 23.5 Å². The third-order valence-corrected chi connectivity index (χ3v) is 9.99. The first-order valence-corrected chi connectivity index (χ1v) is 16.4. The average molecular weight is 631 g/mol. The summed E-state index contributed by atoms with van der Waals surface area (Å²) >= 11 is 0. The van der Waals surface area contributed by atoms with Crippen LogP contribution in [-0.4, -0.2) is 95.0 Å². The second-order valence-electron chi connectivity index (χ2n) is 13.3. The molecule has 2 atom stereocenters. The van der Waals surface area contributed by atoms with E-state index in [1.165, 1.54) is 34.2 Å². The molecule has 2 aromatic heterocycles. The molecule has 2 aromatic carbocycles. The number of ether oxygens (including phenoxy) is 2. The van der Waals surface area contributed by atoms with Crippen molar-refractivity contribution >= 4 is 33.8 Å². The minimum absolute atomic E-state index is 0.0342. The number of alkyl halides is 1. The molecular formula is C35H43FN6O4. The third-order valence-electron chi connectivity index (χ3n) is 9.99. The van der Waals surface area contributed by atoms with E-state index in [2.05, 4.69) is 28.8 Å². The number of aromatic nitrogens is 3. The molecule has 244 valence electrons. The van der Waals surface area contributed by atoms with E-state index in [0.717, 1.165) is 49.5 Å². The number of fused-ring (bicyclic) bond motifs is 2. The summed E-state index contributed by atoms with van der Waals surface area (Å²) in [5, 5.41) is 1.17. The predicted molar refractivity (Wildman–Crippen MR) is 175 cm³/mol. The lowest BCUT2D eigenvalue weighted by molar-refractivity contribution is -0.136. The molecule has 4 aromatic rings. The molecule has 0 radical (unpaired) electrons. The van der Waals surface area contributed by atoms with Gasteiger partial charge in [0.2, 0.25) is 5.91 Å². The van der Waals surface area contributed by atoms with Crippen LogP contribution in [0.4, 0.5) is 4.39 Å². The van der Waals surface area contributed by atoms with Crippen LogP contribution in [-0.2, 0) is 23.1 Å². The van der Waals surface area contributed by atoms with Crippen molar-refractivity contribution in [2.75, 3.05) is 47.0 Å².